The van der Waals surface area contributed by atoms with Gasteiger partial charge in [0.05, 0.1) is 10.2 Å². The first-order chi connectivity index (χ1) is 9.21. The fourth-order valence-corrected chi connectivity index (χ4v) is 2.31. The zero-order valence-corrected chi connectivity index (χ0v) is 14.1. The second-order valence-corrected chi connectivity index (χ2v) is 6.88. The van der Waals surface area contributed by atoms with E-state index in [-0.39, 0.29) is 11.2 Å². The molecule has 0 aliphatic carbocycles. The Labute approximate surface area is 131 Å². The maximum Gasteiger partial charge on any atom is 0.146 e. The molecule has 2 nitrogen and oxygen atoms in total. The van der Waals surface area contributed by atoms with E-state index in [2.05, 4.69) is 25.9 Å². The van der Waals surface area contributed by atoms with Crippen molar-refractivity contribution in [3.63, 3.8) is 0 Å². The van der Waals surface area contributed by atoms with Crippen molar-refractivity contribution in [1.29, 1.82) is 0 Å². The molecule has 0 N–H and O–H groups in total. The van der Waals surface area contributed by atoms with Gasteiger partial charge in [0.1, 0.15) is 16.8 Å². The third-order valence-corrected chi connectivity index (χ3v) is 3.94. The lowest BCUT2D eigenvalue weighted by Gasteiger charge is -2.19. The molecule has 0 fully saturated rings. The van der Waals surface area contributed by atoms with Crippen LogP contribution >= 0.6 is 27.5 Å². The van der Waals surface area contributed by atoms with Gasteiger partial charge in [-0.15, -0.1) is 0 Å². The van der Waals surface area contributed by atoms with Gasteiger partial charge in [-0.2, -0.15) is 0 Å². The van der Waals surface area contributed by atoms with Crippen LogP contribution in [0.25, 0.3) is 11.3 Å². The SMILES string of the molecule is Cc1c(Cl)nc(C(C)(C)C)nc1-c1cccc(Br)c1F. The van der Waals surface area contributed by atoms with Crippen LogP contribution in [0.4, 0.5) is 4.39 Å². The highest BCUT2D eigenvalue weighted by Gasteiger charge is 2.22. The molecule has 1 heterocycles. The molecule has 1 aromatic carbocycles. The maximum atomic E-state index is 14.3. The van der Waals surface area contributed by atoms with E-state index in [0.717, 1.165) is 0 Å². The van der Waals surface area contributed by atoms with Crippen LogP contribution in [0.15, 0.2) is 22.7 Å². The van der Waals surface area contributed by atoms with Gasteiger partial charge in [-0.1, -0.05) is 38.4 Å². The van der Waals surface area contributed by atoms with E-state index < -0.39 is 0 Å². The van der Waals surface area contributed by atoms with Crippen molar-refractivity contribution in [3.8, 4) is 11.3 Å². The van der Waals surface area contributed by atoms with Gasteiger partial charge in [0.15, 0.2) is 0 Å². The molecule has 0 aliphatic heterocycles. The van der Waals surface area contributed by atoms with Gasteiger partial charge in [-0.25, -0.2) is 14.4 Å². The summed E-state index contributed by atoms with van der Waals surface area (Å²) in [5.74, 6) is 0.257. The fourth-order valence-electron chi connectivity index (χ4n) is 1.77. The van der Waals surface area contributed by atoms with Crippen molar-refractivity contribution in [1.82, 2.24) is 9.97 Å². The van der Waals surface area contributed by atoms with Gasteiger partial charge in [0.2, 0.25) is 0 Å². The summed E-state index contributed by atoms with van der Waals surface area (Å²) < 4.78 is 14.7. The van der Waals surface area contributed by atoms with E-state index >= 15 is 0 Å². The van der Waals surface area contributed by atoms with Gasteiger partial charge in [0.25, 0.3) is 0 Å². The second kappa shape index (κ2) is 5.41. The standard InChI is InChI=1S/C15H15BrClFN2/c1-8-12(9-6-5-7-10(16)11(9)18)19-14(15(2,3)4)20-13(8)17/h5-7H,1-4H3. The number of halogens is 3. The molecule has 20 heavy (non-hydrogen) atoms. The van der Waals surface area contributed by atoms with Crippen molar-refractivity contribution in [2.24, 2.45) is 0 Å². The van der Waals surface area contributed by atoms with Crippen LogP contribution in [-0.4, -0.2) is 9.97 Å². The van der Waals surface area contributed by atoms with Crippen LogP contribution in [0.1, 0.15) is 32.2 Å². The Balaban J connectivity index is 2.74. The van der Waals surface area contributed by atoms with Gasteiger partial charge in [-0.05, 0) is 35.0 Å². The molecular formula is C15H15BrClFN2. The Morgan fingerprint density at radius 2 is 1.85 bits per heavy atom. The molecule has 0 amide bonds. The van der Waals surface area contributed by atoms with Crippen LogP contribution < -0.4 is 0 Å². The molecule has 2 aromatic rings. The maximum absolute atomic E-state index is 14.3. The number of nitrogens with zero attached hydrogens (tertiary/aromatic N) is 2. The Kier molecular flexibility index (Phi) is 4.17. The zero-order chi connectivity index (χ0) is 15.1. The van der Waals surface area contributed by atoms with E-state index in [1.54, 1.807) is 25.1 Å². The Hall–Kier alpha value is -1.000. The summed E-state index contributed by atoms with van der Waals surface area (Å²) in [6.07, 6.45) is 0. The van der Waals surface area contributed by atoms with Crippen molar-refractivity contribution in [2.45, 2.75) is 33.1 Å². The lowest BCUT2D eigenvalue weighted by atomic mass is 9.95. The predicted octanol–water partition coefficient (Wildman–Crippen LogP) is 5.30. The molecule has 0 saturated carbocycles. The average molecular weight is 358 g/mol. The molecule has 0 saturated heterocycles. The van der Waals surface area contributed by atoms with Crippen molar-refractivity contribution in [2.75, 3.05) is 0 Å². The minimum atomic E-state index is -0.342. The van der Waals surface area contributed by atoms with Crippen molar-refractivity contribution in [3.05, 3.63) is 45.0 Å². The Bertz CT molecular complexity index is 666. The van der Waals surface area contributed by atoms with E-state index in [0.29, 0.717) is 32.3 Å². The number of hydrogen-bond donors (Lipinski definition) is 0. The van der Waals surface area contributed by atoms with Crippen LogP contribution in [0.3, 0.4) is 0 Å². The quantitative estimate of drug-likeness (QED) is 0.647. The van der Waals surface area contributed by atoms with Crippen LogP contribution in [0, 0.1) is 12.7 Å². The summed E-state index contributed by atoms with van der Waals surface area (Å²) >= 11 is 9.37. The van der Waals surface area contributed by atoms with Crippen LogP contribution in [-0.2, 0) is 5.41 Å². The molecule has 0 aliphatic rings. The summed E-state index contributed by atoms with van der Waals surface area (Å²) in [6, 6.07) is 5.12. The molecule has 0 spiro atoms. The Morgan fingerprint density at radius 1 is 1.20 bits per heavy atom. The van der Waals surface area contributed by atoms with Gasteiger partial charge >= 0.3 is 0 Å². The highest BCUT2D eigenvalue weighted by atomic mass is 79.9. The van der Waals surface area contributed by atoms with Gasteiger partial charge in [-0.3, -0.25) is 0 Å². The third kappa shape index (κ3) is 2.86. The molecule has 1 aromatic heterocycles. The first-order valence-electron chi connectivity index (χ1n) is 6.21. The molecule has 106 valence electrons. The highest BCUT2D eigenvalue weighted by molar-refractivity contribution is 9.10. The normalized spacial score (nSPS) is 11.8. The zero-order valence-electron chi connectivity index (χ0n) is 11.8. The molecule has 2 rings (SSSR count). The van der Waals surface area contributed by atoms with Gasteiger partial charge in [0, 0.05) is 16.5 Å². The van der Waals surface area contributed by atoms with E-state index in [4.69, 9.17) is 11.6 Å². The first kappa shape index (κ1) is 15.4. The van der Waals surface area contributed by atoms with E-state index in [1.807, 2.05) is 20.8 Å². The monoisotopic (exact) mass is 356 g/mol. The molecule has 5 heteroatoms. The molecule has 0 radical (unpaired) electrons. The summed E-state index contributed by atoms with van der Waals surface area (Å²) in [5, 5.41) is 0.360. The predicted molar refractivity (Wildman–Crippen MR) is 83.6 cm³/mol. The lowest BCUT2D eigenvalue weighted by molar-refractivity contribution is 0.545. The fraction of sp³-hybridized carbons (Fsp3) is 0.333. The Morgan fingerprint density at radius 3 is 2.45 bits per heavy atom. The smallest absolute Gasteiger partial charge is 0.146 e. The summed E-state index contributed by atoms with van der Waals surface area (Å²) in [7, 11) is 0. The minimum absolute atomic E-state index is 0.255. The van der Waals surface area contributed by atoms with Gasteiger partial charge < -0.3 is 0 Å². The molecule has 0 unspecified atom stereocenters. The molecule has 0 atom stereocenters. The highest BCUT2D eigenvalue weighted by Crippen LogP contribution is 2.32. The lowest BCUT2D eigenvalue weighted by Crippen LogP contribution is -2.17. The largest absolute Gasteiger partial charge is 0.232 e. The first-order valence-corrected chi connectivity index (χ1v) is 7.38. The van der Waals surface area contributed by atoms with Crippen LogP contribution in [0.2, 0.25) is 5.15 Å². The number of hydrogen-bond acceptors (Lipinski definition) is 2. The number of rotatable bonds is 1. The number of benzene rings is 1. The minimum Gasteiger partial charge on any atom is -0.232 e. The average Bonchev–Trinajstić information content (AvgIpc) is 2.35. The van der Waals surface area contributed by atoms with E-state index in [9.17, 15) is 4.39 Å². The topological polar surface area (TPSA) is 25.8 Å². The molecule has 0 bridgehead atoms. The van der Waals surface area contributed by atoms with Crippen LogP contribution in [0.5, 0.6) is 0 Å². The second-order valence-electron chi connectivity index (χ2n) is 5.66. The third-order valence-electron chi connectivity index (χ3n) is 2.96. The van der Waals surface area contributed by atoms with Crippen molar-refractivity contribution < 1.29 is 4.39 Å². The van der Waals surface area contributed by atoms with Crippen molar-refractivity contribution >= 4 is 27.5 Å². The van der Waals surface area contributed by atoms with E-state index in [1.165, 1.54) is 0 Å². The summed E-state index contributed by atoms with van der Waals surface area (Å²) in [4.78, 5) is 8.82. The summed E-state index contributed by atoms with van der Waals surface area (Å²) in [5.41, 5.74) is 1.38. The number of aromatic nitrogens is 2. The summed E-state index contributed by atoms with van der Waals surface area (Å²) in [6.45, 7) is 7.78. The molecular weight excluding hydrogens is 343 g/mol.